The normalized spacial score (nSPS) is 11.2. The lowest BCUT2D eigenvalue weighted by Crippen LogP contribution is -2.26. The van der Waals surface area contributed by atoms with Crippen LogP contribution in [0.2, 0.25) is 0 Å². The average Bonchev–Trinajstić information content (AvgIpc) is 3.57. The minimum atomic E-state index is 0.0787. The maximum absolute atomic E-state index is 12.9. The number of aromatic nitrogens is 4. The van der Waals surface area contributed by atoms with Gasteiger partial charge in [-0.15, -0.1) is 11.3 Å². The second-order valence-electron chi connectivity index (χ2n) is 7.71. The van der Waals surface area contributed by atoms with Gasteiger partial charge in [0.25, 0.3) is 0 Å². The number of hydrogen-bond acceptors (Lipinski definition) is 4. The van der Waals surface area contributed by atoms with E-state index < -0.39 is 0 Å². The summed E-state index contributed by atoms with van der Waals surface area (Å²) in [4.78, 5) is 23.6. The summed E-state index contributed by atoms with van der Waals surface area (Å²) in [7, 11) is 1.85. The van der Waals surface area contributed by atoms with Gasteiger partial charge in [0, 0.05) is 38.2 Å². The van der Waals surface area contributed by atoms with E-state index in [0.29, 0.717) is 19.4 Å². The molecular weight excluding hydrogens is 418 g/mol. The second-order valence-corrected chi connectivity index (χ2v) is 8.66. The van der Waals surface area contributed by atoms with Crippen molar-refractivity contribution in [2.24, 2.45) is 0 Å². The fourth-order valence-electron chi connectivity index (χ4n) is 3.74. The number of thiophene rings is 1. The first-order chi connectivity index (χ1) is 15.7. The quantitative estimate of drug-likeness (QED) is 0.384. The predicted molar refractivity (Wildman–Crippen MR) is 128 cm³/mol. The first kappa shape index (κ1) is 20.2. The molecule has 5 rings (SSSR count). The van der Waals surface area contributed by atoms with Crippen molar-refractivity contribution in [1.82, 2.24) is 24.6 Å². The number of para-hydroxylation sites is 3. The Labute approximate surface area is 190 Å². The Morgan fingerprint density at radius 1 is 1.06 bits per heavy atom. The summed E-state index contributed by atoms with van der Waals surface area (Å²) in [5.41, 5.74) is 4.86. The average molecular weight is 442 g/mol. The third-order valence-corrected chi connectivity index (χ3v) is 6.29. The van der Waals surface area contributed by atoms with Gasteiger partial charge in [0.1, 0.15) is 11.5 Å². The molecule has 0 aliphatic heterocycles. The lowest BCUT2D eigenvalue weighted by atomic mass is 10.2. The molecule has 3 aromatic heterocycles. The zero-order chi connectivity index (χ0) is 21.9. The van der Waals surface area contributed by atoms with Crippen LogP contribution in [0.25, 0.3) is 27.3 Å². The monoisotopic (exact) mass is 441 g/mol. The van der Waals surface area contributed by atoms with E-state index in [1.165, 1.54) is 0 Å². The van der Waals surface area contributed by atoms with Crippen molar-refractivity contribution in [1.29, 1.82) is 0 Å². The Kier molecular flexibility index (Phi) is 5.56. The van der Waals surface area contributed by atoms with Gasteiger partial charge in [0.15, 0.2) is 0 Å². The van der Waals surface area contributed by atoms with Gasteiger partial charge in [-0.3, -0.25) is 4.79 Å². The molecule has 160 valence electrons. The third-order valence-electron chi connectivity index (χ3n) is 5.41. The van der Waals surface area contributed by atoms with Crippen LogP contribution in [-0.4, -0.2) is 37.6 Å². The summed E-state index contributed by atoms with van der Waals surface area (Å²) in [6.45, 7) is 0.499. The number of aryl methyl sites for hydroxylation is 1. The van der Waals surface area contributed by atoms with Crippen LogP contribution in [0, 0.1) is 0 Å². The van der Waals surface area contributed by atoms with E-state index in [0.717, 1.165) is 38.7 Å². The largest absolute Gasteiger partial charge is 0.342 e. The number of benzene rings is 2. The molecule has 0 atom stereocenters. The maximum Gasteiger partial charge on any atom is 0.223 e. The fraction of sp³-hybridized carbons (Fsp3) is 0.160. The molecule has 1 N–H and O–H groups in total. The summed E-state index contributed by atoms with van der Waals surface area (Å²) in [6, 6.07) is 22.0. The molecule has 2 aromatic carbocycles. The summed E-state index contributed by atoms with van der Waals surface area (Å²) in [6.07, 6.45) is 3.00. The van der Waals surface area contributed by atoms with E-state index >= 15 is 0 Å². The van der Waals surface area contributed by atoms with E-state index in [4.69, 9.17) is 5.10 Å². The topological polar surface area (TPSA) is 66.8 Å². The lowest BCUT2D eigenvalue weighted by molar-refractivity contribution is -0.130. The number of aromatic amines is 1. The molecule has 5 aromatic rings. The van der Waals surface area contributed by atoms with Crippen LogP contribution in [-0.2, 0) is 17.8 Å². The molecule has 0 aliphatic carbocycles. The van der Waals surface area contributed by atoms with Gasteiger partial charge in [-0.2, -0.15) is 5.10 Å². The van der Waals surface area contributed by atoms with Crippen LogP contribution in [0.5, 0.6) is 0 Å². The molecule has 0 fully saturated rings. The first-order valence-electron chi connectivity index (χ1n) is 10.5. The maximum atomic E-state index is 12.9. The molecule has 0 spiro atoms. The summed E-state index contributed by atoms with van der Waals surface area (Å²) in [5.74, 6) is 0.916. The summed E-state index contributed by atoms with van der Waals surface area (Å²) < 4.78 is 1.89. The Hall–Kier alpha value is -3.71. The van der Waals surface area contributed by atoms with Crippen LogP contribution in [0.15, 0.2) is 78.3 Å². The zero-order valence-corrected chi connectivity index (χ0v) is 18.5. The highest BCUT2D eigenvalue weighted by Gasteiger charge is 2.18. The van der Waals surface area contributed by atoms with E-state index in [1.807, 2.05) is 84.0 Å². The molecule has 0 unspecified atom stereocenters. The van der Waals surface area contributed by atoms with Gasteiger partial charge in [-0.05, 0) is 35.7 Å². The number of amides is 1. The predicted octanol–water partition coefficient (Wildman–Crippen LogP) is 5.07. The van der Waals surface area contributed by atoms with Gasteiger partial charge in [-0.1, -0.05) is 36.4 Å². The van der Waals surface area contributed by atoms with Crippen LogP contribution in [0.1, 0.15) is 17.8 Å². The van der Waals surface area contributed by atoms with Crippen molar-refractivity contribution in [3.05, 3.63) is 89.7 Å². The number of rotatable bonds is 7. The molecule has 3 heterocycles. The van der Waals surface area contributed by atoms with Gasteiger partial charge in [0.05, 0.1) is 21.6 Å². The Morgan fingerprint density at radius 2 is 1.88 bits per heavy atom. The van der Waals surface area contributed by atoms with Gasteiger partial charge >= 0.3 is 0 Å². The minimum absolute atomic E-state index is 0.0787. The van der Waals surface area contributed by atoms with Gasteiger partial charge in [-0.25, -0.2) is 9.67 Å². The van der Waals surface area contributed by atoms with Crippen molar-refractivity contribution in [2.75, 3.05) is 7.05 Å². The second kappa shape index (κ2) is 8.80. The van der Waals surface area contributed by atoms with Gasteiger partial charge < -0.3 is 9.88 Å². The van der Waals surface area contributed by atoms with Crippen molar-refractivity contribution in [3.63, 3.8) is 0 Å². The van der Waals surface area contributed by atoms with Crippen molar-refractivity contribution >= 4 is 28.3 Å². The molecule has 0 bridgehead atoms. The van der Waals surface area contributed by atoms with Crippen LogP contribution >= 0.6 is 11.3 Å². The number of H-pyrrole nitrogens is 1. The number of carbonyl (C=O) groups excluding carboxylic acids is 1. The SMILES string of the molecule is CN(Cc1cn(-c2ccccc2)nc1-c1cccs1)C(=O)CCc1nc2ccccc2[nH]1. The highest BCUT2D eigenvalue weighted by molar-refractivity contribution is 7.13. The molecule has 0 saturated heterocycles. The lowest BCUT2D eigenvalue weighted by Gasteiger charge is -2.16. The van der Waals surface area contributed by atoms with Crippen molar-refractivity contribution in [2.45, 2.75) is 19.4 Å². The van der Waals surface area contributed by atoms with Crippen molar-refractivity contribution < 1.29 is 4.79 Å². The molecule has 6 nitrogen and oxygen atoms in total. The van der Waals surface area contributed by atoms with E-state index in [-0.39, 0.29) is 5.91 Å². The first-order valence-corrected chi connectivity index (χ1v) is 11.4. The van der Waals surface area contributed by atoms with E-state index in [1.54, 1.807) is 16.2 Å². The van der Waals surface area contributed by atoms with E-state index in [2.05, 4.69) is 16.0 Å². The minimum Gasteiger partial charge on any atom is -0.342 e. The number of hydrogen-bond donors (Lipinski definition) is 1. The van der Waals surface area contributed by atoms with Crippen LogP contribution in [0.3, 0.4) is 0 Å². The van der Waals surface area contributed by atoms with Crippen LogP contribution < -0.4 is 0 Å². The molecule has 0 saturated carbocycles. The highest BCUT2D eigenvalue weighted by atomic mass is 32.1. The van der Waals surface area contributed by atoms with Crippen molar-refractivity contribution in [3.8, 4) is 16.3 Å². The van der Waals surface area contributed by atoms with Gasteiger partial charge in [0.2, 0.25) is 5.91 Å². The zero-order valence-electron chi connectivity index (χ0n) is 17.7. The third kappa shape index (κ3) is 4.20. The van der Waals surface area contributed by atoms with E-state index in [9.17, 15) is 4.79 Å². The Bertz CT molecular complexity index is 1300. The number of carbonyl (C=O) groups is 1. The number of nitrogens with zero attached hydrogens (tertiary/aromatic N) is 4. The highest BCUT2D eigenvalue weighted by Crippen LogP contribution is 2.28. The van der Waals surface area contributed by atoms with Crippen LogP contribution in [0.4, 0.5) is 0 Å². The number of nitrogens with one attached hydrogen (secondary N) is 1. The standard InChI is InChI=1S/C25H23N5OS/c1-29(24(31)14-13-23-26-20-10-5-6-11-21(20)27-23)16-18-17-30(19-8-3-2-4-9-19)28-25(18)22-12-7-15-32-22/h2-12,15,17H,13-14,16H2,1H3,(H,26,27). The Morgan fingerprint density at radius 3 is 2.66 bits per heavy atom. The smallest absolute Gasteiger partial charge is 0.223 e. The molecule has 0 radical (unpaired) electrons. The number of imidazole rings is 1. The summed E-state index contributed by atoms with van der Waals surface area (Å²) in [5, 5.41) is 6.87. The molecular formula is C25H23N5OS. The molecule has 0 aliphatic rings. The Balaban J connectivity index is 1.32. The summed E-state index contributed by atoms with van der Waals surface area (Å²) >= 11 is 1.65. The fourth-order valence-corrected chi connectivity index (χ4v) is 4.49. The molecule has 32 heavy (non-hydrogen) atoms. The molecule has 7 heteroatoms. The number of fused-ring (bicyclic) bond motifs is 1. The molecule has 1 amide bonds.